The highest BCUT2D eigenvalue weighted by molar-refractivity contribution is 7.80. The van der Waals surface area contributed by atoms with Gasteiger partial charge in [0.05, 0.1) is 11.0 Å². The van der Waals surface area contributed by atoms with E-state index in [2.05, 4.69) is 5.32 Å². The van der Waals surface area contributed by atoms with Crippen LogP contribution in [0.15, 0.2) is 0 Å². The number of thiocarbonyl (C=S) groups is 1. The Balaban J connectivity index is 1.81. The molecule has 3 N–H and O–H groups in total. The van der Waals surface area contributed by atoms with Crippen LogP contribution in [0.3, 0.4) is 0 Å². The summed E-state index contributed by atoms with van der Waals surface area (Å²) in [7, 11) is 0. The Morgan fingerprint density at radius 2 is 2.00 bits per heavy atom. The molecule has 78 valence electrons. The van der Waals surface area contributed by atoms with Crippen molar-refractivity contribution in [2.24, 2.45) is 23.5 Å². The molecule has 0 aromatic heterocycles. The van der Waals surface area contributed by atoms with Crippen molar-refractivity contribution in [3.05, 3.63) is 0 Å². The molecule has 0 aromatic carbocycles. The van der Waals surface area contributed by atoms with Gasteiger partial charge in [0, 0.05) is 5.92 Å². The topological polar surface area (TPSA) is 55.1 Å². The van der Waals surface area contributed by atoms with Crippen LogP contribution in [0.4, 0.5) is 0 Å². The highest BCUT2D eigenvalue weighted by atomic mass is 32.1. The Labute approximate surface area is 89.4 Å². The second-order valence-corrected chi connectivity index (χ2v) is 5.03. The lowest BCUT2D eigenvalue weighted by Crippen LogP contribution is -2.43. The molecule has 2 fully saturated rings. The van der Waals surface area contributed by atoms with Crippen LogP contribution in [0, 0.1) is 17.8 Å². The van der Waals surface area contributed by atoms with Gasteiger partial charge in [-0.05, 0) is 38.0 Å². The highest BCUT2D eigenvalue weighted by Crippen LogP contribution is 2.54. The van der Waals surface area contributed by atoms with Crippen molar-refractivity contribution < 1.29 is 4.79 Å². The van der Waals surface area contributed by atoms with Gasteiger partial charge in [-0.2, -0.15) is 0 Å². The van der Waals surface area contributed by atoms with Gasteiger partial charge in [0.15, 0.2) is 0 Å². The van der Waals surface area contributed by atoms with Crippen molar-refractivity contribution in [3.63, 3.8) is 0 Å². The number of nitrogens with two attached hydrogens (primary N) is 1. The lowest BCUT2D eigenvalue weighted by molar-refractivity contribution is -0.125. The molecular formula is C10H16N2OS. The molecule has 3 unspecified atom stereocenters. The predicted octanol–water partition coefficient (Wildman–Crippen LogP) is 0.823. The second-order valence-electron chi connectivity index (χ2n) is 4.56. The van der Waals surface area contributed by atoms with E-state index in [9.17, 15) is 4.79 Å². The molecule has 0 radical (unpaired) electrons. The quantitative estimate of drug-likeness (QED) is 0.681. The zero-order valence-electron chi connectivity index (χ0n) is 8.32. The Morgan fingerprint density at radius 3 is 2.50 bits per heavy atom. The lowest BCUT2D eigenvalue weighted by atomic mass is 10.0. The van der Waals surface area contributed by atoms with Gasteiger partial charge in [-0.1, -0.05) is 12.2 Å². The first-order valence-corrected chi connectivity index (χ1v) is 5.58. The third kappa shape index (κ3) is 1.90. The monoisotopic (exact) mass is 212 g/mol. The summed E-state index contributed by atoms with van der Waals surface area (Å²) in [6, 6.07) is -0.172. The summed E-state index contributed by atoms with van der Waals surface area (Å²) in [5.41, 5.74) is 5.44. The maximum Gasteiger partial charge on any atom is 0.223 e. The number of carbonyl (C=O) groups excluding carboxylic acids is 1. The van der Waals surface area contributed by atoms with Gasteiger partial charge >= 0.3 is 0 Å². The third-order valence-electron chi connectivity index (χ3n) is 3.40. The highest BCUT2D eigenvalue weighted by Gasteiger charge is 2.48. The number of nitrogens with one attached hydrogen (secondary N) is 1. The first-order chi connectivity index (χ1) is 6.58. The first kappa shape index (κ1) is 9.90. The number of rotatable bonds is 3. The fourth-order valence-electron chi connectivity index (χ4n) is 2.33. The van der Waals surface area contributed by atoms with Crippen LogP contribution >= 0.6 is 12.2 Å². The van der Waals surface area contributed by atoms with E-state index >= 15 is 0 Å². The van der Waals surface area contributed by atoms with E-state index in [-0.39, 0.29) is 17.9 Å². The molecule has 2 aliphatic rings. The Kier molecular flexibility index (Phi) is 2.47. The Bertz CT molecular complexity index is 269. The molecule has 14 heavy (non-hydrogen) atoms. The van der Waals surface area contributed by atoms with Crippen molar-refractivity contribution in [3.8, 4) is 0 Å². The number of carbonyl (C=O) groups is 1. The van der Waals surface area contributed by atoms with Crippen molar-refractivity contribution >= 4 is 23.1 Å². The predicted molar refractivity (Wildman–Crippen MR) is 58.7 cm³/mol. The third-order valence-corrected chi connectivity index (χ3v) is 3.75. The van der Waals surface area contributed by atoms with Gasteiger partial charge in [-0.15, -0.1) is 0 Å². The Morgan fingerprint density at radius 1 is 1.43 bits per heavy atom. The molecule has 2 rings (SSSR count). The Hall–Kier alpha value is -0.640. The SMILES string of the molecule is CC(NC(=O)C1CC2CC2C1)C(N)=S. The lowest BCUT2D eigenvalue weighted by Gasteiger charge is -2.16. The molecule has 0 aliphatic heterocycles. The fourth-order valence-corrected chi connectivity index (χ4v) is 2.39. The zero-order valence-corrected chi connectivity index (χ0v) is 9.14. The average Bonchev–Trinajstić information content (AvgIpc) is 2.73. The van der Waals surface area contributed by atoms with Crippen LogP contribution in [0.25, 0.3) is 0 Å². The van der Waals surface area contributed by atoms with E-state index in [1.807, 2.05) is 6.92 Å². The van der Waals surface area contributed by atoms with Gasteiger partial charge in [0.1, 0.15) is 0 Å². The molecule has 0 aromatic rings. The maximum absolute atomic E-state index is 11.7. The summed E-state index contributed by atoms with van der Waals surface area (Å²) in [4.78, 5) is 12.1. The van der Waals surface area contributed by atoms with Gasteiger partial charge in [-0.3, -0.25) is 4.79 Å². The van der Waals surface area contributed by atoms with E-state index < -0.39 is 0 Å². The number of hydrogen-bond acceptors (Lipinski definition) is 2. The van der Waals surface area contributed by atoms with E-state index in [0.717, 1.165) is 24.7 Å². The summed E-state index contributed by atoms with van der Waals surface area (Å²) in [5.74, 6) is 2.03. The summed E-state index contributed by atoms with van der Waals surface area (Å²) in [6.07, 6.45) is 3.48. The maximum atomic E-state index is 11.7. The number of fused-ring (bicyclic) bond motifs is 1. The van der Waals surface area contributed by atoms with E-state index in [4.69, 9.17) is 18.0 Å². The molecule has 3 nitrogen and oxygen atoms in total. The van der Waals surface area contributed by atoms with Gasteiger partial charge in [0.2, 0.25) is 5.91 Å². The largest absolute Gasteiger partial charge is 0.392 e. The minimum Gasteiger partial charge on any atom is -0.392 e. The first-order valence-electron chi connectivity index (χ1n) is 5.17. The standard InChI is InChI=1S/C10H16N2OS/c1-5(9(11)14)12-10(13)8-3-6-2-7(6)4-8/h5-8H,2-4H2,1H3,(H2,11,14)(H,12,13). The number of amides is 1. The van der Waals surface area contributed by atoms with Crippen molar-refractivity contribution in [2.75, 3.05) is 0 Å². The number of hydrogen-bond donors (Lipinski definition) is 2. The molecule has 3 atom stereocenters. The van der Waals surface area contributed by atoms with Gasteiger partial charge < -0.3 is 11.1 Å². The molecule has 2 aliphatic carbocycles. The minimum absolute atomic E-state index is 0.137. The van der Waals surface area contributed by atoms with Crippen LogP contribution in [-0.4, -0.2) is 16.9 Å². The van der Waals surface area contributed by atoms with Crippen LogP contribution in [-0.2, 0) is 4.79 Å². The molecule has 2 saturated carbocycles. The molecule has 0 heterocycles. The van der Waals surface area contributed by atoms with E-state index in [0.29, 0.717) is 4.99 Å². The van der Waals surface area contributed by atoms with Crippen LogP contribution in [0.1, 0.15) is 26.2 Å². The minimum atomic E-state index is -0.172. The van der Waals surface area contributed by atoms with Crippen LogP contribution < -0.4 is 11.1 Å². The summed E-state index contributed by atoms with van der Waals surface area (Å²) < 4.78 is 0. The molecule has 0 saturated heterocycles. The normalized spacial score (nSPS) is 35.9. The van der Waals surface area contributed by atoms with Crippen molar-refractivity contribution in [1.29, 1.82) is 0 Å². The second kappa shape index (κ2) is 3.50. The van der Waals surface area contributed by atoms with E-state index in [1.54, 1.807) is 0 Å². The molecule has 1 amide bonds. The molecule has 0 bridgehead atoms. The summed E-state index contributed by atoms with van der Waals surface area (Å²) in [5, 5.41) is 2.86. The average molecular weight is 212 g/mol. The fraction of sp³-hybridized carbons (Fsp3) is 0.800. The molecular weight excluding hydrogens is 196 g/mol. The van der Waals surface area contributed by atoms with Gasteiger partial charge in [-0.25, -0.2) is 0 Å². The van der Waals surface area contributed by atoms with Crippen LogP contribution in [0.2, 0.25) is 0 Å². The molecule has 0 spiro atoms. The zero-order chi connectivity index (χ0) is 10.3. The van der Waals surface area contributed by atoms with Crippen molar-refractivity contribution in [1.82, 2.24) is 5.32 Å². The molecule has 4 heteroatoms. The van der Waals surface area contributed by atoms with Gasteiger partial charge in [0.25, 0.3) is 0 Å². The van der Waals surface area contributed by atoms with E-state index in [1.165, 1.54) is 6.42 Å². The van der Waals surface area contributed by atoms with Crippen LogP contribution in [0.5, 0.6) is 0 Å². The smallest absolute Gasteiger partial charge is 0.223 e. The summed E-state index contributed by atoms with van der Waals surface area (Å²) >= 11 is 4.81. The summed E-state index contributed by atoms with van der Waals surface area (Å²) in [6.45, 7) is 1.83. The van der Waals surface area contributed by atoms with Crippen molar-refractivity contribution in [2.45, 2.75) is 32.2 Å².